The van der Waals surface area contributed by atoms with Gasteiger partial charge in [0.25, 0.3) is 5.56 Å². The molecule has 4 rings (SSSR count). The maximum Gasteiger partial charge on any atom is 0.324 e. The number of carbonyl (C=O) groups excluding carboxylic acids is 1. The van der Waals surface area contributed by atoms with Gasteiger partial charge in [0.05, 0.1) is 17.5 Å². The molecule has 0 unspecified atom stereocenters. The second kappa shape index (κ2) is 8.71. The Labute approximate surface area is 178 Å². The molecular weight excluding hydrogens is 396 g/mol. The first-order chi connectivity index (χ1) is 14.6. The van der Waals surface area contributed by atoms with Gasteiger partial charge in [-0.3, -0.25) is 14.2 Å². The van der Waals surface area contributed by atoms with E-state index in [9.17, 15) is 9.59 Å². The van der Waals surface area contributed by atoms with Crippen LogP contribution in [0.25, 0.3) is 21.7 Å². The third kappa shape index (κ3) is 3.83. The van der Waals surface area contributed by atoms with Gasteiger partial charge >= 0.3 is 5.97 Å². The molecule has 3 aromatic carbocycles. The Kier molecular flexibility index (Phi) is 5.86. The predicted octanol–water partition coefficient (Wildman–Crippen LogP) is 4.97. The molecule has 0 N–H and O–H groups in total. The summed E-state index contributed by atoms with van der Waals surface area (Å²) in [7, 11) is 0. The monoisotopic (exact) mass is 418 g/mol. The van der Waals surface area contributed by atoms with Crippen molar-refractivity contribution in [3.63, 3.8) is 0 Å². The number of benzene rings is 3. The molecule has 30 heavy (non-hydrogen) atoms. The van der Waals surface area contributed by atoms with E-state index in [2.05, 4.69) is 0 Å². The second-order valence-corrected chi connectivity index (χ2v) is 7.89. The lowest BCUT2D eigenvalue weighted by Crippen LogP contribution is -2.24. The van der Waals surface area contributed by atoms with Crippen molar-refractivity contribution in [3.05, 3.63) is 82.6 Å². The number of thioether (sulfide) groups is 1. The zero-order valence-electron chi connectivity index (χ0n) is 16.9. The largest absolute Gasteiger partial charge is 0.465 e. The van der Waals surface area contributed by atoms with E-state index in [1.807, 2.05) is 73.7 Å². The normalized spacial score (nSPS) is 12.2. The molecule has 0 radical (unpaired) electrons. The quantitative estimate of drug-likeness (QED) is 0.192. The van der Waals surface area contributed by atoms with Gasteiger partial charge in [-0.2, -0.15) is 0 Å². The van der Waals surface area contributed by atoms with E-state index in [-0.39, 0.29) is 11.5 Å². The highest BCUT2D eigenvalue weighted by Gasteiger charge is 2.26. The predicted molar refractivity (Wildman–Crippen MR) is 121 cm³/mol. The molecule has 1 aromatic heterocycles. The first kappa shape index (κ1) is 20.2. The standard InChI is InChI=1S/C24H22N2O3S/c1-3-26-22(27)19-14-17-12-8-9-13-18(17)15-20(19)25-24(26)30-21(23(28)29-4-2)16-10-6-5-7-11-16/h5-15,21H,3-4H2,1-2H3/t21-/m0/s1. The molecule has 0 spiro atoms. The third-order valence-electron chi connectivity index (χ3n) is 4.93. The van der Waals surface area contributed by atoms with Crippen molar-refractivity contribution >= 4 is 39.4 Å². The molecular formula is C24H22N2O3S. The molecule has 0 aliphatic carbocycles. The number of rotatable bonds is 6. The molecule has 0 aliphatic rings. The van der Waals surface area contributed by atoms with Crippen LogP contribution in [-0.4, -0.2) is 22.1 Å². The van der Waals surface area contributed by atoms with Gasteiger partial charge in [0.2, 0.25) is 0 Å². The van der Waals surface area contributed by atoms with Crippen molar-refractivity contribution in [2.24, 2.45) is 0 Å². The first-order valence-electron chi connectivity index (χ1n) is 9.94. The van der Waals surface area contributed by atoms with Crippen LogP contribution in [0.2, 0.25) is 0 Å². The van der Waals surface area contributed by atoms with Gasteiger partial charge in [0.15, 0.2) is 5.16 Å². The van der Waals surface area contributed by atoms with E-state index >= 15 is 0 Å². The van der Waals surface area contributed by atoms with Gasteiger partial charge in [-0.25, -0.2) is 4.98 Å². The lowest BCUT2D eigenvalue weighted by Gasteiger charge is -2.18. The van der Waals surface area contributed by atoms with E-state index in [0.717, 1.165) is 16.3 Å². The molecule has 0 fully saturated rings. The summed E-state index contributed by atoms with van der Waals surface area (Å²) >= 11 is 1.25. The maximum atomic E-state index is 13.2. The molecule has 0 bridgehead atoms. The van der Waals surface area contributed by atoms with E-state index < -0.39 is 5.25 Å². The second-order valence-electron chi connectivity index (χ2n) is 6.82. The smallest absolute Gasteiger partial charge is 0.324 e. The number of carbonyl (C=O) groups is 1. The summed E-state index contributed by atoms with van der Waals surface area (Å²) < 4.78 is 6.93. The van der Waals surface area contributed by atoms with Crippen LogP contribution < -0.4 is 5.56 Å². The lowest BCUT2D eigenvalue weighted by molar-refractivity contribution is -0.142. The zero-order valence-corrected chi connectivity index (χ0v) is 17.7. The minimum atomic E-state index is -0.603. The van der Waals surface area contributed by atoms with Crippen LogP contribution in [0.1, 0.15) is 24.7 Å². The van der Waals surface area contributed by atoms with Crippen molar-refractivity contribution in [2.45, 2.75) is 30.8 Å². The first-order valence-corrected chi connectivity index (χ1v) is 10.8. The maximum absolute atomic E-state index is 13.2. The summed E-state index contributed by atoms with van der Waals surface area (Å²) in [5.41, 5.74) is 1.34. The number of fused-ring (bicyclic) bond motifs is 2. The number of nitrogens with zero attached hydrogens (tertiary/aromatic N) is 2. The third-order valence-corrected chi connectivity index (χ3v) is 6.15. The van der Waals surface area contributed by atoms with Crippen LogP contribution in [0.5, 0.6) is 0 Å². The number of ether oxygens (including phenoxy) is 1. The van der Waals surface area contributed by atoms with Crippen LogP contribution in [0.3, 0.4) is 0 Å². The molecule has 4 aromatic rings. The Morgan fingerprint density at radius 2 is 1.70 bits per heavy atom. The minimum absolute atomic E-state index is 0.105. The van der Waals surface area contributed by atoms with E-state index in [1.54, 1.807) is 11.5 Å². The molecule has 5 nitrogen and oxygen atoms in total. The van der Waals surface area contributed by atoms with Crippen LogP contribution >= 0.6 is 11.8 Å². The molecule has 0 amide bonds. The zero-order chi connectivity index (χ0) is 21.1. The highest BCUT2D eigenvalue weighted by Crippen LogP contribution is 2.35. The summed E-state index contributed by atoms with van der Waals surface area (Å²) in [6, 6.07) is 21.2. The van der Waals surface area contributed by atoms with Crippen molar-refractivity contribution in [2.75, 3.05) is 6.61 Å². The van der Waals surface area contributed by atoms with Gasteiger partial charge < -0.3 is 4.74 Å². The van der Waals surface area contributed by atoms with E-state index in [1.165, 1.54) is 11.8 Å². The molecule has 0 saturated heterocycles. The van der Waals surface area contributed by atoms with Crippen LogP contribution in [0.4, 0.5) is 0 Å². The fourth-order valence-electron chi connectivity index (χ4n) is 3.46. The molecule has 0 aliphatic heterocycles. The number of hydrogen-bond acceptors (Lipinski definition) is 5. The van der Waals surface area contributed by atoms with Gasteiger partial charge in [0.1, 0.15) is 5.25 Å². The molecule has 6 heteroatoms. The van der Waals surface area contributed by atoms with E-state index in [0.29, 0.717) is 29.2 Å². The molecule has 152 valence electrons. The number of hydrogen-bond donors (Lipinski definition) is 0. The summed E-state index contributed by atoms with van der Waals surface area (Å²) in [5.74, 6) is -0.343. The molecule has 1 heterocycles. The average molecular weight is 419 g/mol. The summed E-state index contributed by atoms with van der Waals surface area (Å²) in [6.45, 7) is 4.44. The Hall–Kier alpha value is -3.12. The molecule has 1 atom stereocenters. The fourth-order valence-corrected chi connectivity index (χ4v) is 4.62. The number of esters is 1. The summed E-state index contributed by atoms with van der Waals surface area (Å²) in [6.07, 6.45) is 0. The Balaban J connectivity index is 1.86. The van der Waals surface area contributed by atoms with Gasteiger partial charge in [-0.15, -0.1) is 0 Å². The summed E-state index contributed by atoms with van der Waals surface area (Å²) in [5, 5.41) is 2.50. The van der Waals surface area contributed by atoms with Gasteiger partial charge in [0, 0.05) is 6.54 Å². The highest BCUT2D eigenvalue weighted by molar-refractivity contribution is 8.00. The van der Waals surface area contributed by atoms with Gasteiger partial charge in [-0.05, 0) is 42.3 Å². The summed E-state index contributed by atoms with van der Waals surface area (Å²) in [4.78, 5) is 30.7. The molecule has 0 saturated carbocycles. The topological polar surface area (TPSA) is 61.2 Å². The van der Waals surface area contributed by atoms with Crippen LogP contribution in [-0.2, 0) is 16.1 Å². The van der Waals surface area contributed by atoms with Crippen LogP contribution in [0, 0.1) is 0 Å². The van der Waals surface area contributed by atoms with Crippen molar-refractivity contribution in [1.29, 1.82) is 0 Å². The van der Waals surface area contributed by atoms with Gasteiger partial charge in [-0.1, -0.05) is 66.4 Å². The average Bonchev–Trinajstić information content (AvgIpc) is 2.77. The number of aromatic nitrogens is 2. The van der Waals surface area contributed by atoms with Crippen LogP contribution in [0.15, 0.2) is 76.7 Å². The Bertz CT molecular complexity index is 1270. The highest BCUT2D eigenvalue weighted by atomic mass is 32.2. The lowest BCUT2D eigenvalue weighted by atomic mass is 10.1. The SMILES string of the molecule is CCOC(=O)[C@@H](Sc1nc2cc3ccccc3cc2c(=O)n1CC)c1ccccc1. The minimum Gasteiger partial charge on any atom is -0.465 e. The Morgan fingerprint density at radius 3 is 2.37 bits per heavy atom. The van der Waals surface area contributed by atoms with Crippen molar-refractivity contribution in [1.82, 2.24) is 9.55 Å². The van der Waals surface area contributed by atoms with E-state index in [4.69, 9.17) is 9.72 Å². The van der Waals surface area contributed by atoms with Crippen molar-refractivity contribution in [3.8, 4) is 0 Å². The Morgan fingerprint density at radius 1 is 1.03 bits per heavy atom. The fraction of sp³-hybridized carbons (Fsp3) is 0.208. The van der Waals surface area contributed by atoms with Crippen molar-refractivity contribution < 1.29 is 9.53 Å².